The van der Waals surface area contributed by atoms with Crippen LogP contribution < -0.4 is 10.5 Å². The van der Waals surface area contributed by atoms with Crippen LogP contribution in [0.25, 0.3) is 0 Å². The summed E-state index contributed by atoms with van der Waals surface area (Å²) >= 11 is 0. The summed E-state index contributed by atoms with van der Waals surface area (Å²) in [7, 11) is 1.73. The molecule has 1 aromatic rings. The average molecular weight is 217 g/mol. The van der Waals surface area contributed by atoms with E-state index in [0.717, 1.165) is 18.6 Å². The first-order chi connectivity index (χ1) is 7.76. The Hall–Kier alpha value is -1.02. The van der Waals surface area contributed by atoms with Gasteiger partial charge >= 0.3 is 0 Å². The number of aryl methyl sites for hydroxylation is 1. The fourth-order valence-corrected chi connectivity index (χ4v) is 3.37. The molecule has 2 heteroatoms. The van der Waals surface area contributed by atoms with E-state index >= 15 is 0 Å². The first-order valence-electron chi connectivity index (χ1n) is 6.19. The van der Waals surface area contributed by atoms with Crippen LogP contribution in [-0.4, -0.2) is 13.2 Å². The van der Waals surface area contributed by atoms with Gasteiger partial charge in [0.05, 0.1) is 7.11 Å². The first kappa shape index (κ1) is 10.2. The van der Waals surface area contributed by atoms with Gasteiger partial charge in [0.2, 0.25) is 0 Å². The summed E-state index contributed by atoms with van der Waals surface area (Å²) in [6, 6.07) is 6.88. The van der Waals surface area contributed by atoms with Gasteiger partial charge in [-0.05, 0) is 48.9 Å². The van der Waals surface area contributed by atoms with E-state index in [1.807, 2.05) is 0 Å². The van der Waals surface area contributed by atoms with Crippen molar-refractivity contribution >= 4 is 0 Å². The maximum absolute atomic E-state index is 6.33. The molecule has 0 aliphatic heterocycles. The zero-order valence-electron chi connectivity index (χ0n) is 9.83. The lowest BCUT2D eigenvalue weighted by molar-refractivity contribution is 0.176. The number of fused-ring (bicyclic) bond motifs is 2. The zero-order valence-corrected chi connectivity index (χ0v) is 9.83. The Morgan fingerprint density at radius 2 is 2.19 bits per heavy atom. The summed E-state index contributed by atoms with van der Waals surface area (Å²) in [6.07, 6.45) is 6.11. The molecule has 1 fully saturated rings. The lowest BCUT2D eigenvalue weighted by Crippen LogP contribution is -2.53. The molecule has 0 saturated heterocycles. The Morgan fingerprint density at radius 3 is 2.81 bits per heavy atom. The summed E-state index contributed by atoms with van der Waals surface area (Å²) < 4.78 is 5.30. The van der Waals surface area contributed by atoms with Gasteiger partial charge in [0.1, 0.15) is 5.75 Å². The van der Waals surface area contributed by atoms with E-state index in [1.165, 1.54) is 30.4 Å². The summed E-state index contributed by atoms with van der Waals surface area (Å²) in [5.41, 5.74) is 9.59. The van der Waals surface area contributed by atoms with Gasteiger partial charge in [-0.3, -0.25) is 0 Å². The van der Waals surface area contributed by atoms with Gasteiger partial charge < -0.3 is 10.5 Å². The second-order valence-corrected chi connectivity index (χ2v) is 5.18. The largest absolute Gasteiger partial charge is 0.497 e. The maximum atomic E-state index is 6.33. The molecule has 1 saturated carbocycles. The zero-order chi connectivity index (χ0) is 11.2. The molecular formula is C14H19NO. The van der Waals surface area contributed by atoms with Crippen LogP contribution in [0.15, 0.2) is 18.2 Å². The van der Waals surface area contributed by atoms with Crippen molar-refractivity contribution in [2.45, 2.75) is 43.6 Å². The minimum Gasteiger partial charge on any atom is -0.497 e. The van der Waals surface area contributed by atoms with Gasteiger partial charge in [0.25, 0.3) is 0 Å². The van der Waals surface area contributed by atoms with E-state index < -0.39 is 0 Å². The maximum Gasteiger partial charge on any atom is 0.119 e. The number of ether oxygens (including phenoxy) is 1. The van der Waals surface area contributed by atoms with Crippen LogP contribution in [0.1, 0.15) is 36.8 Å². The molecule has 86 valence electrons. The monoisotopic (exact) mass is 217 g/mol. The highest BCUT2D eigenvalue weighted by Crippen LogP contribution is 2.50. The Balaban J connectivity index is 2.07. The van der Waals surface area contributed by atoms with Crippen LogP contribution in [0.5, 0.6) is 5.75 Å². The van der Waals surface area contributed by atoms with Crippen molar-refractivity contribution in [1.29, 1.82) is 0 Å². The van der Waals surface area contributed by atoms with E-state index in [-0.39, 0.29) is 0 Å². The third kappa shape index (κ3) is 1.23. The standard InChI is InChI=1S/C14H19NO/c1-16-11-4-5-12-10(9-11)3-6-13(15)14(12)7-2-8-14/h4-5,9,13H,2-3,6-8,15H2,1H3. The Bertz CT molecular complexity index is 409. The van der Waals surface area contributed by atoms with E-state index in [4.69, 9.17) is 10.5 Å². The molecule has 1 atom stereocenters. The predicted molar refractivity (Wildman–Crippen MR) is 64.8 cm³/mol. The van der Waals surface area contributed by atoms with E-state index in [1.54, 1.807) is 7.11 Å². The summed E-state index contributed by atoms with van der Waals surface area (Å²) in [5, 5.41) is 0. The molecule has 0 amide bonds. The van der Waals surface area contributed by atoms with Crippen LogP contribution in [0.3, 0.4) is 0 Å². The molecule has 16 heavy (non-hydrogen) atoms. The van der Waals surface area contributed by atoms with Gasteiger partial charge in [-0.2, -0.15) is 0 Å². The van der Waals surface area contributed by atoms with Crippen molar-refractivity contribution in [2.75, 3.05) is 7.11 Å². The molecule has 1 spiro atoms. The molecule has 0 radical (unpaired) electrons. The third-order valence-electron chi connectivity index (χ3n) is 4.53. The highest BCUT2D eigenvalue weighted by molar-refractivity contribution is 5.44. The van der Waals surface area contributed by atoms with Crippen molar-refractivity contribution < 1.29 is 4.74 Å². The van der Waals surface area contributed by atoms with Crippen molar-refractivity contribution in [3.63, 3.8) is 0 Å². The number of methoxy groups -OCH3 is 1. The lowest BCUT2D eigenvalue weighted by Gasteiger charge is -2.50. The van der Waals surface area contributed by atoms with Crippen LogP contribution in [0.2, 0.25) is 0 Å². The van der Waals surface area contributed by atoms with E-state index in [9.17, 15) is 0 Å². The molecule has 2 nitrogen and oxygen atoms in total. The topological polar surface area (TPSA) is 35.2 Å². The average Bonchev–Trinajstić information content (AvgIpc) is 2.26. The first-order valence-corrected chi connectivity index (χ1v) is 6.19. The van der Waals surface area contributed by atoms with Gasteiger partial charge in [0, 0.05) is 11.5 Å². The summed E-state index contributed by atoms with van der Waals surface area (Å²) in [4.78, 5) is 0. The van der Waals surface area contributed by atoms with Gasteiger partial charge in [-0.1, -0.05) is 12.5 Å². The minimum atomic E-state index is 0.305. The van der Waals surface area contributed by atoms with Crippen LogP contribution >= 0.6 is 0 Å². The SMILES string of the molecule is COc1ccc2c(c1)CCC(N)C21CCC1. The van der Waals surface area contributed by atoms with Crippen LogP contribution in [0, 0.1) is 0 Å². The number of rotatable bonds is 1. The second kappa shape index (κ2) is 3.49. The summed E-state index contributed by atoms with van der Waals surface area (Å²) in [5.74, 6) is 0.976. The normalized spacial score (nSPS) is 26.0. The molecule has 0 bridgehead atoms. The Labute approximate surface area is 96.8 Å². The molecule has 1 aromatic carbocycles. The molecule has 2 aliphatic rings. The Kier molecular flexibility index (Phi) is 2.21. The predicted octanol–water partition coefficient (Wildman–Crippen LogP) is 2.39. The van der Waals surface area contributed by atoms with Crippen molar-refractivity contribution in [3.8, 4) is 5.75 Å². The summed E-state index contributed by atoms with van der Waals surface area (Å²) in [6.45, 7) is 0. The lowest BCUT2D eigenvalue weighted by atomic mass is 9.56. The molecule has 0 heterocycles. The van der Waals surface area contributed by atoms with E-state index in [0.29, 0.717) is 11.5 Å². The van der Waals surface area contributed by atoms with E-state index in [2.05, 4.69) is 18.2 Å². The highest BCUT2D eigenvalue weighted by Gasteiger charge is 2.46. The fraction of sp³-hybridized carbons (Fsp3) is 0.571. The fourth-order valence-electron chi connectivity index (χ4n) is 3.37. The Morgan fingerprint density at radius 1 is 1.38 bits per heavy atom. The molecule has 1 unspecified atom stereocenters. The van der Waals surface area contributed by atoms with Gasteiger partial charge in [-0.15, -0.1) is 0 Å². The smallest absolute Gasteiger partial charge is 0.119 e. The number of hydrogen-bond acceptors (Lipinski definition) is 2. The quantitative estimate of drug-likeness (QED) is 0.784. The van der Waals surface area contributed by atoms with Crippen molar-refractivity contribution in [2.24, 2.45) is 5.73 Å². The highest BCUT2D eigenvalue weighted by atomic mass is 16.5. The molecular weight excluding hydrogens is 198 g/mol. The van der Waals surface area contributed by atoms with Crippen molar-refractivity contribution in [3.05, 3.63) is 29.3 Å². The number of hydrogen-bond donors (Lipinski definition) is 1. The number of nitrogens with two attached hydrogens (primary N) is 1. The number of benzene rings is 1. The van der Waals surface area contributed by atoms with Crippen LogP contribution in [0.4, 0.5) is 0 Å². The third-order valence-corrected chi connectivity index (χ3v) is 4.53. The van der Waals surface area contributed by atoms with Crippen molar-refractivity contribution in [1.82, 2.24) is 0 Å². The minimum absolute atomic E-state index is 0.305. The molecule has 0 aromatic heterocycles. The van der Waals surface area contributed by atoms with Gasteiger partial charge in [-0.25, -0.2) is 0 Å². The van der Waals surface area contributed by atoms with Crippen LogP contribution in [-0.2, 0) is 11.8 Å². The molecule has 2 N–H and O–H groups in total. The second-order valence-electron chi connectivity index (χ2n) is 5.18. The molecule has 2 aliphatic carbocycles. The van der Waals surface area contributed by atoms with Gasteiger partial charge in [0.15, 0.2) is 0 Å². The molecule has 3 rings (SSSR count).